The number of benzene rings is 1. The van der Waals surface area contributed by atoms with Gasteiger partial charge in [-0.25, -0.2) is 4.79 Å². The first-order chi connectivity index (χ1) is 9.70. The first-order valence-electron chi connectivity index (χ1n) is 6.82. The second-order valence-electron chi connectivity index (χ2n) is 5.00. The number of carboxylic acids is 1. The predicted octanol–water partition coefficient (Wildman–Crippen LogP) is 2.15. The number of rotatable bonds is 3. The minimum absolute atomic E-state index is 0.301. The highest BCUT2D eigenvalue weighted by Gasteiger charge is 2.24. The van der Waals surface area contributed by atoms with Gasteiger partial charge in [0.25, 0.3) is 0 Å². The van der Waals surface area contributed by atoms with Crippen LogP contribution in [0.1, 0.15) is 28.5 Å². The van der Waals surface area contributed by atoms with Crippen LogP contribution in [0.25, 0.3) is 11.3 Å². The molecule has 2 N–H and O–H groups in total. The van der Waals surface area contributed by atoms with E-state index in [1.165, 1.54) is 0 Å². The fourth-order valence-electron chi connectivity index (χ4n) is 2.72. The molecule has 0 amide bonds. The van der Waals surface area contributed by atoms with Gasteiger partial charge in [0.05, 0.1) is 11.3 Å². The van der Waals surface area contributed by atoms with Gasteiger partial charge >= 0.3 is 5.97 Å². The number of fused-ring (bicyclic) bond motifs is 1. The Morgan fingerprint density at radius 1 is 1.45 bits per heavy atom. The maximum atomic E-state index is 11.4. The summed E-state index contributed by atoms with van der Waals surface area (Å²) >= 11 is 0. The highest BCUT2D eigenvalue weighted by molar-refractivity contribution is 5.95. The lowest BCUT2D eigenvalue weighted by atomic mass is 9.97. The molecule has 0 atom stereocenters. The quantitative estimate of drug-likeness (QED) is 0.897. The van der Waals surface area contributed by atoms with Crippen molar-refractivity contribution in [2.45, 2.75) is 19.9 Å². The summed E-state index contributed by atoms with van der Waals surface area (Å²) in [5.74, 6) is -0.916. The molecule has 1 aromatic heterocycles. The van der Waals surface area contributed by atoms with Gasteiger partial charge < -0.3 is 5.11 Å². The summed E-state index contributed by atoms with van der Waals surface area (Å²) in [4.78, 5) is 13.7. The number of likely N-dealkylation sites (N-methyl/N-ethyl adjacent to an activating group) is 1. The second kappa shape index (κ2) is 5.09. The van der Waals surface area contributed by atoms with Gasteiger partial charge in [-0.3, -0.25) is 10.00 Å². The van der Waals surface area contributed by atoms with Crippen LogP contribution in [0.3, 0.4) is 0 Å². The van der Waals surface area contributed by atoms with Crippen molar-refractivity contribution in [1.29, 1.82) is 0 Å². The molecule has 2 aromatic rings. The molecule has 0 radical (unpaired) electrons. The number of hydrogen-bond donors (Lipinski definition) is 2. The number of nitrogens with zero attached hydrogens (tertiary/aromatic N) is 2. The lowest BCUT2D eigenvalue weighted by Crippen LogP contribution is -2.30. The predicted molar refractivity (Wildman–Crippen MR) is 75.6 cm³/mol. The third-order valence-electron chi connectivity index (χ3n) is 3.87. The molecule has 2 heterocycles. The maximum Gasteiger partial charge on any atom is 0.336 e. The molecule has 1 aliphatic heterocycles. The van der Waals surface area contributed by atoms with Crippen molar-refractivity contribution in [2.24, 2.45) is 0 Å². The Hall–Kier alpha value is -2.14. The van der Waals surface area contributed by atoms with Crippen molar-refractivity contribution in [2.75, 3.05) is 13.1 Å². The first-order valence-corrected chi connectivity index (χ1v) is 6.82. The number of hydrogen-bond acceptors (Lipinski definition) is 3. The molecule has 0 spiro atoms. The van der Waals surface area contributed by atoms with E-state index in [4.69, 9.17) is 0 Å². The van der Waals surface area contributed by atoms with Gasteiger partial charge in [0, 0.05) is 36.3 Å². The molecule has 20 heavy (non-hydrogen) atoms. The zero-order valence-corrected chi connectivity index (χ0v) is 11.4. The van der Waals surface area contributed by atoms with Crippen molar-refractivity contribution >= 4 is 5.97 Å². The minimum Gasteiger partial charge on any atom is -0.478 e. The number of carboxylic acid groups (broad SMARTS) is 1. The van der Waals surface area contributed by atoms with Crippen LogP contribution in [-0.4, -0.2) is 39.3 Å². The average Bonchev–Trinajstić information content (AvgIpc) is 2.89. The van der Waals surface area contributed by atoms with Crippen molar-refractivity contribution in [1.82, 2.24) is 15.1 Å². The number of aromatic carboxylic acids is 1. The summed E-state index contributed by atoms with van der Waals surface area (Å²) in [6.45, 7) is 4.97. The van der Waals surface area contributed by atoms with Crippen molar-refractivity contribution in [3.63, 3.8) is 0 Å². The van der Waals surface area contributed by atoms with Crippen LogP contribution in [-0.2, 0) is 13.0 Å². The topological polar surface area (TPSA) is 69.2 Å². The van der Waals surface area contributed by atoms with Gasteiger partial charge in [0.2, 0.25) is 0 Å². The zero-order chi connectivity index (χ0) is 14.1. The summed E-state index contributed by atoms with van der Waals surface area (Å²) in [6.07, 6.45) is 0.936. The summed E-state index contributed by atoms with van der Waals surface area (Å²) in [5.41, 5.74) is 4.03. The van der Waals surface area contributed by atoms with Crippen LogP contribution in [0.2, 0.25) is 0 Å². The molecule has 0 unspecified atom stereocenters. The Kier molecular flexibility index (Phi) is 3.28. The van der Waals surface area contributed by atoms with Gasteiger partial charge in [0.15, 0.2) is 0 Å². The Balaban J connectivity index is 2.09. The molecule has 3 rings (SSSR count). The fraction of sp³-hybridized carbons (Fsp3) is 0.333. The van der Waals surface area contributed by atoms with E-state index in [0.29, 0.717) is 11.1 Å². The third-order valence-corrected chi connectivity index (χ3v) is 3.87. The Morgan fingerprint density at radius 3 is 3.00 bits per heavy atom. The SMILES string of the molecule is CCN1CCc2[nH]nc(-c3ccccc3C(=O)O)c2C1. The van der Waals surface area contributed by atoms with E-state index >= 15 is 0 Å². The standard InChI is InChI=1S/C15H17N3O2/c1-2-18-8-7-13-12(9-18)14(17-16-13)10-5-3-4-6-11(10)15(19)20/h3-6H,2,7-9H2,1H3,(H,16,17)(H,19,20). The Labute approximate surface area is 117 Å². The number of aromatic amines is 1. The minimum atomic E-state index is -0.916. The van der Waals surface area contributed by atoms with Crippen LogP contribution < -0.4 is 0 Å². The number of carbonyl (C=O) groups is 1. The van der Waals surface area contributed by atoms with E-state index in [0.717, 1.165) is 43.0 Å². The zero-order valence-electron chi connectivity index (χ0n) is 11.4. The van der Waals surface area contributed by atoms with E-state index in [-0.39, 0.29) is 0 Å². The molecule has 0 saturated carbocycles. The van der Waals surface area contributed by atoms with Crippen LogP contribution in [0, 0.1) is 0 Å². The monoisotopic (exact) mass is 271 g/mol. The molecule has 0 saturated heterocycles. The van der Waals surface area contributed by atoms with Crippen molar-refractivity contribution < 1.29 is 9.90 Å². The van der Waals surface area contributed by atoms with Gasteiger partial charge in [-0.1, -0.05) is 25.1 Å². The van der Waals surface area contributed by atoms with Gasteiger partial charge in [-0.05, 0) is 12.6 Å². The largest absolute Gasteiger partial charge is 0.478 e. The third kappa shape index (κ3) is 2.10. The second-order valence-corrected chi connectivity index (χ2v) is 5.00. The molecule has 1 aliphatic rings. The average molecular weight is 271 g/mol. The molecular weight excluding hydrogens is 254 g/mol. The van der Waals surface area contributed by atoms with Crippen LogP contribution in [0.4, 0.5) is 0 Å². The smallest absolute Gasteiger partial charge is 0.336 e. The fourth-order valence-corrected chi connectivity index (χ4v) is 2.72. The molecule has 104 valence electrons. The molecule has 0 fully saturated rings. The van der Waals surface area contributed by atoms with E-state index in [2.05, 4.69) is 22.0 Å². The Morgan fingerprint density at radius 2 is 2.25 bits per heavy atom. The summed E-state index contributed by atoms with van der Waals surface area (Å²) < 4.78 is 0. The van der Waals surface area contributed by atoms with Crippen molar-refractivity contribution in [3.05, 3.63) is 41.1 Å². The van der Waals surface area contributed by atoms with Gasteiger partial charge in [0.1, 0.15) is 0 Å². The first kappa shape index (κ1) is 12.9. The van der Waals surface area contributed by atoms with E-state index in [1.54, 1.807) is 12.1 Å². The lowest BCUT2D eigenvalue weighted by Gasteiger charge is -2.25. The summed E-state index contributed by atoms with van der Waals surface area (Å²) in [7, 11) is 0. The molecule has 5 heteroatoms. The van der Waals surface area contributed by atoms with Crippen LogP contribution in [0.5, 0.6) is 0 Å². The molecule has 0 aliphatic carbocycles. The summed E-state index contributed by atoms with van der Waals surface area (Å²) in [5, 5.41) is 16.7. The maximum absolute atomic E-state index is 11.4. The normalized spacial score (nSPS) is 15.1. The molecular formula is C15H17N3O2. The van der Waals surface area contributed by atoms with E-state index in [9.17, 15) is 9.90 Å². The number of aromatic nitrogens is 2. The Bertz CT molecular complexity index is 648. The molecule has 1 aromatic carbocycles. The van der Waals surface area contributed by atoms with Crippen LogP contribution >= 0.6 is 0 Å². The number of nitrogens with one attached hydrogen (secondary N) is 1. The highest BCUT2D eigenvalue weighted by Crippen LogP contribution is 2.30. The number of H-pyrrole nitrogens is 1. The molecule has 0 bridgehead atoms. The van der Waals surface area contributed by atoms with Gasteiger partial charge in [-0.15, -0.1) is 0 Å². The van der Waals surface area contributed by atoms with E-state index < -0.39 is 5.97 Å². The van der Waals surface area contributed by atoms with Gasteiger partial charge in [-0.2, -0.15) is 5.10 Å². The lowest BCUT2D eigenvalue weighted by molar-refractivity contribution is 0.0697. The highest BCUT2D eigenvalue weighted by atomic mass is 16.4. The van der Waals surface area contributed by atoms with Crippen LogP contribution in [0.15, 0.2) is 24.3 Å². The van der Waals surface area contributed by atoms with E-state index in [1.807, 2.05) is 12.1 Å². The summed E-state index contributed by atoms with van der Waals surface area (Å²) in [6, 6.07) is 7.04. The molecule has 5 nitrogen and oxygen atoms in total. The van der Waals surface area contributed by atoms with Crippen molar-refractivity contribution in [3.8, 4) is 11.3 Å².